The number of benzene rings is 2. The Morgan fingerprint density at radius 1 is 1.15 bits per heavy atom. The number of anilines is 1. The third-order valence-electron chi connectivity index (χ3n) is 3.72. The van der Waals surface area contributed by atoms with Crippen molar-refractivity contribution in [1.29, 1.82) is 0 Å². The van der Waals surface area contributed by atoms with Crippen LogP contribution in [0.4, 0.5) is 5.13 Å². The van der Waals surface area contributed by atoms with Gasteiger partial charge in [-0.25, -0.2) is 4.98 Å². The van der Waals surface area contributed by atoms with Gasteiger partial charge in [0.05, 0.1) is 23.4 Å². The van der Waals surface area contributed by atoms with Crippen LogP contribution in [0.25, 0.3) is 10.2 Å². The molecule has 26 heavy (non-hydrogen) atoms. The minimum Gasteiger partial charge on any atom is -0.494 e. The minimum absolute atomic E-state index is 0.0538. The van der Waals surface area contributed by atoms with E-state index >= 15 is 0 Å². The molecule has 0 fully saturated rings. The molecule has 3 aromatic rings. The maximum atomic E-state index is 12.1. The van der Waals surface area contributed by atoms with E-state index in [0.717, 1.165) is 27.3 Å². The number of carbonyl (C=O) groups is 1. The van der Waals surface area contributed by atoms with Gasteiger partial charge in [-0.2, -0.15) is 0 Å². The first-order chi connectivity index (χ1) is 12.6. The van der Waals surface area contributed by atoms with E-state index < -0.39 is 0 Å². The maximum absolute atomic E-state index is 12.1. The molecule has 0 unspecified atom stereocenters. The summed E-state index contributed by atoms with van der Waals surface area (Å²) in [6.07, 6.45) is 1.05. The van der Waals surface area contributed by atoms with Gasteiger partial charge in [0, 0.05) is 6.42 Å². The first kappa shape index (κ1) is 18.2. The van der Waals surface area contributed by atoms with E-state index in [9.17, 15) is 4.79 Å². The van der Waals surface area contributed by atoms with Crippen molar-refractivity contribution < 1.29 is 14.3 Å². The molecule has 0 spiro atoms. The van der Waals surface area contributed by atoms with Gasteiger partial charge < -0.3 is 14.8 Å². The molecule has 1 heterocycles. The van der Waals surface area contributed by atoms with Crippen LogP contribution in [0.1, 0.15) is 25.3 Å². The molecule has 136 valence electrons. The Labute approximate surface area is 157 Å². The molecule has 0 radical (unpaired) electrons. The number of aryl methyl sites for hydroxylation is 1. The zero-order chi connectivity index (χ0) is 18.4. The summed E-state index contributed by atoms with van der Waals surface area (Å²) in [6.45, 7) is 5.10. The second-order valence-electron chi connectivity index (χ2n) is 5.90. The molecule has 1 N–H and O–H groups in total. The largest absolute Gasteiger partial charge is 0.494 e. The molecule has 0 atom stereocenters. The van der Waals surface area contributed by atoms with E-state index in [-0.39, 0.29) is 5.91 Å². The number of ether oxygens (including phenoxy) is 2. The Bertz CT molecular complexity index is 892. The van der Waals surface area contributed by atoms with E-state index in [0.29, 0.717) is 31.2 Å². The van der Waals surface area contributed by atoms with Gasteiger partial charge in [0.1, 0.15) is 11.5 Å². The van der Waals surface area contributed by atoms with Gasteiger partial charge in [-0.05, 0) is 56.2 Å². The predicted octanol–water partition coefficient (Wildman–Crippen LogP) is 4.80. The van der Waals surface area contributed by atoms with Crippen molar-refractivity contribution in [3.63, 3.8) is 0 Å². The standard InChI is InChI=1S/C20H22N2O3S/c1-3-24-16-9-10-17-18(13-16)26-20(21-17)22-19(23)8-5-11-25-15-7-4-6-14(2)12-15/h4,6-7,9-10,12-13H,3,5,8,11H2,1-2H3,(H,21,22,23). The van der Waals surface area contributed by atoms with E-state index in [2.05, 4.69) is 10.3 Å². The Morgan fingerprint density at radius 3 is 2.81 bits per heavy atom. The molecule has 6 heteroatoms. The fraction of sp³-hybridized carbons (Fsp3) is 0.300. The van der Waals surface area contributed by atoms with Crippen molar-refractivity contribution in [3.05, 3.63) is 48.0 Å². The summed E-state index contributed by atoms with van der Waals surface area (Å²) in [4.78, 5) is 16.5. The highest BCUT2D eigenvalue weighted by Gasteiger charge is 2.09. The molecular weight excluding hydrogens is 348 g/mol. The van der Waals surface area contributed by atoms with Crippen LogP contribution in [-0.2, 0) is 4.79 Å². The molecule has 2 aromatic carbocycles. The second kappa shape index (κ2) is 8.67. The van der Waals surface area contributed by atoms with Crippen molar-refractivity contribution >= 4 is 32.6 Å². The molecule has 1 aromatic heterocycles. The predicted molar refractivity (Wildman–Crippen MR) is 105 cm³/mol. The Morgan fingerprint density at radius 2 is 2.00 bits per heavy atom. The first-order valence-corrected chi connectivity index (χ1v) is 9.48. The number of rotatable bonds is 8. The molecule has 3 rings (SSSR count). The third-order valence-corrected chi connectivity index (χ3v) is 4.66. The molecular formula is C20H22N2O3S. The van der Waals surface area contributed by atoms with E-state index in [4.69, 9.17) is 9.47 Å². The van der Waals surface area contributed by atoms with Crippen molar-refractivity contribution in [2.75, 3.05) is 18.5 Å². The summed E-state index contributed by atoms with van der Waals surface area (Å²) in [5.74, 6) is 1.60. The van der Waals surface area contributed by atoms with Crippen LogP contribution in [0.3, 0.4) is 0 Å². The van der Waals surface area contributed by atoms with Crippen LogP contribution in [0.2, 0.25) is 0 Å². The Kier molecular flexibility index (Phi) is 6.07. The zero-order valence-corrected chi connectivity index (χ0v) is 15.8. The highest BCUT2D eigenvalue weighted by atomic mass is 32.1. The number of aromatic nitrogens is 1. The monoisotopic (exact) mass is 370 g/mol. The Balaban J connectivity index is 1.47. The zero-order valence-electron chi connectivity index (χ0n) is 15.0. The summed E-state index contributed by atoms with van der Waals surface area (Å²) in [7, 11) is 0. The molecule has 0 saturated carbocycles. The smallest absolute Gasteiger partial charge is 0.226 e. The van der Waals surface area contributed by atoms with Gasteiger partial charge in [-0.1, -0.05) is 23.5 Å². The number of hydrogen-bond acceptors (Lipinski definition) is 5. The molecule has 0 saturated heterocycles. The first-order valence-electron chi connectivity index (χ1n) is 8.67. The van der Waals surface area contributed by atoms with Gasteiger partial charge >= 0.3 is 0 Å². The summed E-state index contributed by atoms with van der Waals surface area (Å²) < 4.78 is 12.2. The van der Waals surface area contributed by atoms with Crippen molar-refractivity contribution in [2.45, 2.75) is 26.7 Å². The van der Waals surface area contributed by atoms with Gasteiger partial charge in [-0.3, -0.25) is 4.79 Å². The summed E-state index contributed by atoms with van der Waals surface area (Å²) in [5, 5.41) is 3.47. The molecule has 0 aliphatic carbocycles. The van der Waals surface area contributed by atoms with Crippen molar-refractivity contribution in [1.82, 2.24) is 4.98 Å². The van der Waals surface area contributed by atoms with E-state index in [1.165, 1.54) is 11.3 Å². The topological polar surface area (TPSA) is 60.5 Å². The van der Waals surface area contributed by atoms with Crippen LogP contribution in [-0.4, -0.2) is 24.1 Å². The number of carbonyl (C=O) groups excluding carboxylic acids is 1. The fourth-order valence-electron chi connectivity index (χ4n) is 2.52. The lowest BCUT2D eigenvalue weighted by molar-refractivity contribution is -0.116. The van der Waals surface area contributed by atoms with Crippen LogP contribution < -0.4 is 14.8 Å². The summed E-state index contributed by atoms with van der Waals surface area (Å²) in [6, 6.07) is 13.6. The number of nitrogens with one attached hydrogen (secondary N) is 1. The number of nitrogens with zero attached hydrogens (tertiary/aromatic N) is 1. The normalized spacial score (nSPS) is 10.7. The van der Waals surface area contributed by atoms with Crippen LogP contribution in [0.5, 0.6) is 11.5 Å². The van der Waals surface area contributed by atoms with Gasteiger partial charge in [0.25, 0.3) is 0 Å². The van der Waals surface area contributed by atoms with Gasteiger partial charge in [-0.15, -0.1) is 0 Å². The summed E-state index contributed by atoms with van der Waals surface area (Å²) >= 11 is 1.45. The number of thiazole rings is 1. The highest BCUT2D eigenvalue weighted by Crippen LogP contribution is 2.29. The molecule has 0 bridgehead atoms. The average molecular weight is 370 g/mol. The summed E-state index contributed by atoms with van der Waals surface area (Å²) in [5.41, 5.74) is 2.01. The highest BCUT2D eigenvalue weighted by molar-refractivity contribution is 7.22. The van der Waals surface area contributed by atoms with Gasteiger partial charge in [0.15, 0.2) is 5.13 Å². The maximum Gasteiger partial charge on any atom is 0.226 e. The quantitative estimate of drug-likeness (QED) is 0.579. The SMILES string of the molecule is CCOc1ccc2nc(NC(=O)CCCOc3cccc(C)c3)sc2c1. The lowest BCUT2D eigenvalue weighted by Gasteiger charge is -2.06. The average Bonchev–Trinajstić information content (AvgIpc) is 3.00. The molecule has 1 amide bonds. The molecule has 5 nitrogen and oxygen atoms in total. The molecule has 0 aliphatic rings. The van der Waals surface area contributed by atoms with Crippen LogP contribution >= 0.6 is 11.3 Å². The Hall–Kier alpha value is -2.60. The lowest BCUT2D eigenvalue weighted by atomic mass is 10.2. The van der Waals surface area contributed by atoms with Gasteiger partial charge in [0.2, 0.25) is 5.91 Å². The number of fused-ring (bicyclic) bond motifs is 1. The number of amides is 1. The fourth-order valence-corrected chi connectivity index (χ4v) is 3.43. The second-order valence-corrected chi connectivity index (χ2v) is 6.93. The third kappa shape index (κ3) is 4.95. The minimum atomic E-state index is -0.0538. The van der Waals surface area contributed by atoms with E-state index in [1.807, 2.05) is 56.3 Å². The van der Waals surface area contributed by atoms with Crippen molar-refractivity contribution in [3.8, 4) is 11.5 Å². The van der Waals surface area contributed by atoms with Crippen molar-refractivity contribution in [2.24, 2.45) is 0 Å². The lowest BCUT2D eigenvalue weighted by Crippen LogP contribution is -2.12. The van der Waals surface area contributed by atoms with E-state index in [1.54, 1.807) is 0 Å². The molecule has 0 aliphatic heterocycles. The van der Waals surface area contributed by atoms with Crippen LogP contribution in [0, 0.1) is 6.92 Å². The number of hydrogen-bond donors (Lipinski definition) is 1. The van der Waals surface area contributed by atoms with Crippen LogP contribution in [0.15, 0.2) is 42.5 Å².